The van der Waals surface area contributed by atoms with Crippen molar-refractivity contribution in [3.05, 3.63) is 28.6 Å². The van der Waals surface area contributed by atoms with E-state index < -0.39 is 35.7 Å². The molecule has 0 bridgehead atoms. The molecule has 2 nitrogen and oxygen atoms in total. The molecule has 0 saturated heterocycles. The molecule has 1 heterocycles. The fourth-order valence-electron chi connectivity index (χ4n) is 1.48. The van der Waals surface area contributed by atoms with Crippen LogP contribution in [0.2, 0.25) is 0 Å². The maximum Gasteiger partial charge on any atom is 0.417 e. The molecule has 0 spiro atoms. The summed E-state index contributed by atoms with van der Waals surface area (Å²) in [7, 11) is 0. The summed E-state index contributed by atoms with van der Waals surface area (Å²) in [5.41, 5.74) is -3.50. The predicted octanol–water partition coefficient (Wildman–Crippen LogP) is 3.41. The van der Waals surface area contributed by atoms with Crippen LogP contribution in [-0.4, -0.2) is 4.98 Å². The average Bonchev–Trinajstić information content (AvgIpc) is 2.18. The van der Waals surface area contributed by atoms with Gasteiger partial charge in [0.15, 0.2) is 0 Å². The van der Waals surface area contributed by atoms with E-state index in [1.54, 1.807) is 0 Å². The van der Waals surface area contributed by atoms with Gasteiger partial charge in [-0.2, -0.15) is 18.4 Å². The molecule has 0 aromatic carbocycles. The van der Waals surface area contributed by atoms with Crippen molar-refractivity contribution < 1.29 is 22.0 Å². The van der Waals surface area contributed by atoms with Gasteiger partial charge in [0.05, 0.1) is 23.6 Å². The van der Waals surface area contributed by atoms with Gasteiger partial charge in [-0.3, -0.25) is 4.98 Å². The van der Waals surface area contributed by atoms with Crippen molar-refractivity contribution >= 4 is 0 Å². The van der Waals surface area contributed by atoms with Crippen molar-refractivity contribution in [2.24, 2.45) is 0 Å². The molecule has 0 aliphatic heterocycles. The fraction of sp³-hybridized carbons (Fsp3) is 0.400. The number of hydrogen-bond donors (Lipinski definition) is 0. The van der Waals surface area contributed by atoms with E-state index in [-0.39, 0.29) is 5.69 Å². The van der Waals surface area contributed by atoms with Crippen LogP contribution in [0.4, 0.5) is 22.0 Å². The molecule has 0 amide bonds. The van der Waals surface area contributed by atoms with Crippen molar-refractivity contribution in [3.8, 4) is 6.07 Å². The Labute approximate surface area is 93.7 Å². The Hall–Kier alpha value is -1.71. The van der Waals surface area contributed by atoms with E-state index in [4.69, 9.17) is 5.26 Å². The number of aromatic nitrogens is 1. The molecule has 7 heteroatoms. The Bertz CT molecular complexity index is 459. The topological polar surface area (TPSA) is 36.7 Å². The summed E-state index contributed by atoms with van der Waals surface area (Å²) in [6, 6.07) is 1.50. The van der Waals surface area contributed by atoms with Crippen molar-refractivity contribution in [1.29, 1.82) is 5.26 Å². The number of pyridine rings is 1. The first-order valence-electron chi connectivity index (χ1n) is 4.49. The van der Waals surface area contributed by atoms with E-state index in [0.717, 1.165) is 13.1 Å². The summed E-state index contributed by atoms with van der Waals surface area (Å²) in [6.07, 6.45) is -8.00. The van der Waals surface area contributed by atoms with Gasteiger partial charge in [0.25, 0.3) is 6.43 Å². The first kappa shape index (κ1) is 13.4. The van der Waals surface area contributed by atoms with Crippen LogP contribution in [0, 0.1) is 18.3 Å². The summed E-state index contributed by atoms with van der Waals surface area (Å²) in [5, 5.41) is 8.38. The lowest BCUT2D eigenvalue weighted by atomic mass is 9.99. The normalized spacial score (nSPS) is 11.6. The third-order valence-electron chi connectivity index (χ3n) is 2.17. The molecule has 17 heavy (non-hydrogen) atoms. The minimum atomic E-state index is -4.92. The second kappa shape index (κ2) is 4.65. The highest BCUT2D eigenvalue weighted by molar-refractivity contribution is 5.40. The Kier molecular flexibility index (Phi) is 3.66. The Morgan fingerprint density at radius 2 is 2.00 bits per heavy atom. The maximum absolute atomic E-state index is 12.7. The zero-order valence-corrected chi connectivity index (χ0v) is 8.65. The zero-order valence-electron chi connectivity index (χ0n) is 8.65. The molecule has 1 aromatic rings. The lowest BCUT2D eigenvalue weighted by Crippen LogP contribution is -2.15. The maximum atomic E-state index is 12.7. The SMILES string of the molecule is Cc1ncc(CC#N)c(C(F)(F)F)c1C(F)F. The van der Waals surface area contributed by atoms with E-state index >= 15 is 0 Å². The molecule has 0 unspecified atom stereocenters. The third kappa shape index (κ3) is 2.70. The van der Waals surface area contributed by atoms with E-state index in [1.807, 2.05) is 0 Å². The average molecular weight is 250 g/mol. The van der Waals surface area contributed by atoms with Gasteiger partial charge < -0.3 is 0 Å². The zero-order chi connectivity index (χ0) is 13.2. The molecule has 0 radical (unpaired) electrons. The van der Waals surface area contributed by atoms with Gasteiger partial charge in [0.1, 0.15) is 0 Å². The van der Waals surface area contributed by atoms with Crippen molar-refractivity contribution in [2.45, 2.75) is 25.9 Å². The molecule has 0 aliphatic carbocycles. The summed E-state index contributed by atoms with van der Waals surface area (Å²) in [4.78, 5) is 3.46. The molecular weight excluding hydrogens is 243 g/mol. The molecule has 1 rings (SSSR count). The minimum absolute atomic E-state index is 0.381. The number of nitriles is 1. The Morgan fingerprint density at radius 1 is 1.41 bits per heavy atom. The summed E-state index contributed by atoms with van der Waals surface area (Å²) >= 11 is 0. The van der Waals surface area contributed by atoms with Crippen LogP contribution in [0.15, 0.2) is 6.20 Å². The van der Waals surface area contributed by atoms with Crippen LogP contribution in [0.1, 0.15) is 28.8 Å². The highest BCUT2D eigenvalue weighted by Gasteiger charge is 2.39. The highest BCUT2D eigenvalue weighted by Crippen LogP contribution is 2.39. The van der Waals surface area contributed by atoms with Gasteiger partial charge in [-0.1, -0.05) is 0 Å². The van der Waals surface area contributed by atoms with Crippen molar-refractivity contribution in [2.75, 3.05) is 0 Å². The summed E-state index contributed by atoms with van der Waals surface area (Å²) in [6.45, 7) is 1.08. The lowest BCUT2D eigenvalue weighted by Gasteiger charge is -2.17. The second-order valence-corrected chi connectivity index (χ2v) is 3.29. The summed E-state index contributed by atoms with van der Waals surface area (Å²) < 4.78 is 63.3. The van der Waals surface area contributed by atoms with E-state index in [9.17, 15) is 22.0 Å². The second-order valence-electron chi connectivity index (χ2n) is 3.29. The number of rotatable bonds is 2. The van der Waals surface area contributed by atoms with Crippen LogP contribution >= 0.6 is 0 Å². The third-order valence-corrected chi connectivity index (χ3v) is 2.17. The monoisotopic (exact) mass is 250 g/mol. The first-order valence-corrected chi connectivity index (χ1v) is 4.49. The molecule has 0 saturated carbocycles. The number of alkyl halides is 5. The number of hydrogen-bond acceptors (Lipinski definition) is 2. The van der Waals surface area contributed by atoms with Crippen LogP contribution in [0.25, 0.3) is 0 Å². The largest absolute Gasteiger partial charge is 0.417 e. The van der Waals surface area contributed by atoms with Gasteiger partial charge >= 0.3 is 6.18 Å². The molecule has 0 atom stereocenters. The molecule has 0 fully saturated rings. The Morgan fingerprint density at radius 3 is 2.41 bits per heavy atom. The van der Waals surface area contributed by atoms with Crippen LogP contribution < -0.4 is 0 Å². The lowest BCUT2D eigenvalue weighted by molar-refractivity contribution is -0.140. The number of nitrogens with zero attached hydrogens (tertiary/aromatic N) is 2. The van der Waals surface area contributed by atoms with Gasteiger partial charge in [-0.15, -0.1) is 0 Å². The van der Waals surface area contributed by atoms with Crippen LogP contribution in [-0.2, 0) is 12.6 Å². The molecular formula is C10H7F5N2. The van der Waals surface area contributed by atoms with Crippen LogP contribution in [0.3, 0.4) is 0 Å². The highest BCUT2D eigenvalue weighted by atomic mass is 19.4. The quantitative estimate of drug-likeness (QED) is 0.754. The van der Waals surface area contributed by atoms with Crippen molar-refractivity contribution in [3.63, 3.8) is 0 Å². The molecule has 0 aliphatic rings. The molecule has 1 aromatic heterocycles. The van der Waals surface area contributed by atoms with Gasteiger partial charge in [-0.25, -0.2) is 8.78 Å². The number of aryl methyl sites for hydroxylation is 1. The van der Waals surface area contributed by atoms with Gasteiger partial charge in [0, 0.05) is 11.9 Å². The summed E-state index contributed by atoms with van der Waals surface area (Å²) in [5.74, 6) is 0. The molecule has 92 valence electrons. The number of halogens is 5. The van der Waals surface area contributed by atoms with Gasteiger partial charge in [0.2, 0.25) is 0 Å². The van der Waals surface area contributed by atoms with E-state index in [1.165, 1.54) is 6.07 Å². The Balaban J connectivity index is 3.57. The van der Waals surface area contributed by atoms with E-state index in [0.29, 0.717) is 0 Å². The van der Waals surface area contributed by atoms with Crippen LogP contribution in [0.5, 0.6) is 0 Å². The fourth-order valence-corrected chi connectivity index (χ4v) is 1.48. The first-order chi connectivity index (χ1) is 7.79. The van der Waals surface area contributed by atoms with Crippen molar-refractivity contribution in [1.82, 2.24) is 4.98 Å². The van der Waals surface area contributed by atoms with E-state index in [2.05, 4.69) is 4.98 Å². The minimum Gasteiger partial charge on any atom is -0.261 e. The standard InChI is InChI=1S/C10H7F5N2/c1-5-7(9(11)12)8(10(13,14)15)6(2-3-16)4-17-5/h4,9H,2H2,1H3. The predicted molar refractivity (Wildman–Crippen MR) is 48.3 cm³/mol. The smallest absolute Gasteiger partial charge is 0.261 e. The molecule has 0 N–H and O–H groups in total. The van der Waals surface area contributed by atoms with Gasteiger partial charge in [-0.05, 0) is 12.5 Å².